The Bertz CT molecular complexity index is 42.0. The minimum absolute atomic E-state index is 0.468. The Kier molecular flexibility index (Phi) is 2.82. The van der Waals surface area contributed by atoms with Crippen LogP contribution in [-0.4, -0.2) is 0 Å². The van der Waals surface area contributed by atoms with Gasteiger partial charge >= 0.3 is 0 Å². The highest BCUT2D eigenvalue weighted by atomic mass is 13.8. The molecule has 0 spiro atoms. The summed E-state index contributed by atoms with van der Waals surface area (Å²) in [4.78, 5) is 0. The zero-order valence-electron chi connectivity index (χ0n) is 4.44. The summed E-state index contributed by atoms with van der Waals surface area (Å²) in [6, 6.07) is 0. The second kappa shape index (κ2) is 2.95. The summed E-state index contributed by atoms with van der Waals surface area (Å²) in [5.41, 5.74) is 0. The topological polar surface area (TPSA) is 0 Å². The maximum atomic E-state index is 3.74. The van der Waals surface area contributed by atoms with E-state index in [1.165, 1.54) is 0 Å². The van der Waals surface area contributed by atoms with Crippen molar-refractivity contribution in [1.82, 2.24) is 0 Å². The molecule has 6 heavy (non-hydrogen) atoms. The molecular formula is C6H11. The lowest BCUT2D eigenvalue weighted by Gasteiger charge is -1.86. The largest absolute Gasteiger partial charge is 0.0914 e. The molecule has 0 amide bonds. The Balaban J connectivity index is 3.03. The Morgan fingerprint density at radius 1 is 1.67 bits per heavy atom. The van der Waals surface area contributed by atoms with Crippen LogP contribution in [0.25, 0.3) is 0 Å². The number of hydrogen-bond acceptors (Lipinski definition) is 0. The van der Waals surface area contributed by atoms with E-state index in [-0.39, 0.29) is 0 Å². The summed E-state index contributed by atoms with van der Waals surface area (Å²) >= 11 is 0. The molecule has 0 aliphatic heterocycles. The minimum Gasteiger partial charge on any atom is -0.0914 e. The van der Waals surface area contributed by atoms with E-state index in [9.17, 15) is 0 Å². The molecule has 0 saturated carbocycles. The van der Waals surface area contributed by atoms with Crippen LogP contribution in [0.15, 0.2) is 12.2 Å². The molecule has 0 N–H and O–H groups in total. The van der Waals surface area contributed by atoms with Gasteiger partial charge < -0.3 is 0 Å². The van der Waals surface area contributed by atoms with Crippen LogP contribution in [0.4, 0.5) is 0 Å². The Hall–Kier alpha value is -0.260. The Labute approximate surface area is 39.9 Å². The first-order valence-electron chi connectivity index (χ1n) is 2.23. The van der Waals surface area contributed by atoms with Crippen molar-refractivity contribution in [2.24, 2.45) is 5.92 Å². The van der Waals surface area contributed by atoms with Crippen LogP contribution in [0.5, 0.6) is 0 Å². The predicted molar refractivity (Wildman–Crippen MR) is 29.3 cm³/mol. The Morgan fingerprint density at radius 3 is 2.17 bits per heavy atom. The number of allylic oxidation sites excluding steroid dienone is 2. The fourth-order valence-electron chi connectivity index (χ4n) is 0.329. The molecule has 1 unspecified atom stereocenters. The van der Waals surface area contributed by atoms with Gasteiger partial charge in [0.2, 0.25) is 0 Å². The van der Waals surface area contributed by atoms with E-state index in [0.717, 1.165) is 0 Å². The van der Waals surface area contributed by atoms with Crippen molar-refractivity contribution >= 4 is 0 Å². The first kappa shape index (κ1) is 5.74. The molecular weight excluding hydrogens is 72.1 g/mol. The molecule has 35 valence electrons. The third kappa shape index (κ3) is 3.74. The molecule has 0 aromatic heterocycles. The first-order chi connectivity index (χ1) is 2.77. The average Bonchev–Trinajstić information content (AvgIpc) is 1.35. The van der Waals surface area contributed by atoms with E-state index >= 15 is 0 Å². The second-order valence-electron chi connectivity index (χ2n) is 1.50. The molecule has 0 heterocycles. The lowest BCUT2D eigenvalue weighted by atomic mass is 10.2. The molecule has 0 aromatic carbocycles. The van der Waals surface area contributed by atoms with E-state index in [1.54, 1.807) is 0 Å². The normalized spacial score (nSPS) is 11.3. The fraction of sp³-hybridized carbons (Fsp3) is 0.500. The monoisotopic (exact) mass is 83.1 g/mol. The lowest BCUT2D eigenvalue weighted by molar-refractivity contribution is 0.934. The standard InChI is InChI=1S/C6H11/c1-4-5-6(2)3/h4-6H,2H2,1,3H3. The summed E-state index contributed by atoms with van der Waals surface area (Å²) in [7, 11) is 0. The van der Waals surface area contributed by atoms with Gasteiger partial charge in [0.15, 0.2) is 0 Å². The molecule has 0 saturated heterocycles. The highest BCUT2D eigenvalue weighted by Crippen LogP contribution is 1.89. The predicted octanol–water partition coefficient (Wildman–Crippen LogP) is 2.03. The molecule has 1 atom stereocenters. The summed E-state index contributed by atoms with van der Waals surface area (Å²) in [6.45, 7) is 7.80. The van der Waals surface area contributed by atoms with Crippen molar-refractivity contribution in [3.05, 3.63) is 19.1 Å². The molecule has 1 radical (unpaired) electrons. The van der Waals surface area contributed by atoms with Gasteiger partial charge in [0.1, 0.15) is 0 Å². The maximum Gasteiger partial charge on any atom is -0.0262 e. The highest BCUT2D eigenvalue weighted by molar-refractivity contribution is 4.83. The molecule has 0 fully saturated rings. The zero-order valence-corrected chi connectivity index (χ0v) is 4.44. The van der Waals surface area contributed by atoms with E-state index < -0.39 is 0 Å². The van der Waals surface area contributed by atoms with Crippen LogP contribution in [0.3, 0.4) is 0 Å². The molecule has 0 nitrogen and oxygen atoms in total. The van der Waals surface area contributed by atoms with E-state index in [4.69, 9.17) is 0 Å². The molecule has 0 aliphatic rings. The third-order valence-electron chi connectivity index (χ3n) is 0.521. The lowest BCUT2D eigenvalue weighted by Crippen LogP contribution is -1.74. The number of hydrogen-bond donors (Lipinski definition) is 0. The average molecular weight is 83.2 g/mol. The molecule has 0 heteroatoms. The van der Waals surface area contributed by atoms with E-state index in [2.05, 4.69) is 19.9 Å². The van der Waals surface area contributed by atoms with Gasteiger partial charge in [0.25, 0.3) is 0 Å². The van der Waals surface area contributed by atoms with Crippen molar-refractivity contribution in [2.75, 3.05) is 0 Å². The van der Waals surface area contributed by atoms with Crippen LogP contribution in [0.2, 0.25) is 0 Å². The van der Waals surface area contributed by atoms with Crippen LogP contribution in [0, 0.1) is 12.8 Å². The maximum absolute atomic E-state index is 3.74. The summed E-state index contributed by atoms with van der Waals surface area (Å²) in [6.07, 6.45) is 4.07. The van der Waals surface area contributed by atoms with E-state index in [0.29, 0.717) is 5.92 Å². The van der Waals surface area contributed by atoms with Crippen LogP contribution >= 0.6 is 0 Å². The second-order valence-corrected chi connectivity index (χ2v) is 1.50. The summed E-state index contributed by atoms with van der Waals surface area (Å²) in [5, 5.41) is 0. The SMILES string of the molecule is [CH2]C(C)C=CC. The van der Waals surface area contributed by atoms with Crippen LogP contribution < -0.4 is 0 Å². The van der Waals surface area contributed by atoms with E-state index in [1.807, 2.05) is 13.0 Å². The highest BCUT2D eigenvalue weighted by Gasteiger charge is 1.76. The quantitative estimate of drug-likeness (QED) is 0.425. The minimum atomic E-state index is 0.468. The molecule has 0 aromatic rings. The van der Waals surface area contributed by atoms with Gasteiger partial charge in [0.05, 0.1) is 0 Å². The van der Waals surface area contributed by atoms with Crippen molar-refractivity contribution in [3.63, 3.8) is 0 Å². The number of rotatable bonds is 1. The van der Waals surface area contributed by atoms with Crippen molar-refractivity contribution in [3.8, 4) is 0 Å². The van der Waals surface area contributed by atoms with Gasteiger partial charge in [-0.15, -0.1) is 0 Å². The van der Waals surface area contributed by atoms with Gasteiger partial charge in [-0.25, -0.2) is 0 Å². The van der Waals surface area contributed by atoms with Gasteiger partial charge in [-0.05, 0) is 19.8 Å². The molecule has 0 rings (SSSR count). The van der Waals surface area contributed by atoms with Crippen LogP contribution in [-0.2, 0) is 0 Å². The first-order valence-corrected chi connectivity index (χ1v) is 2.23. The fourth-order valence-corrected chi connectivity index (χ4v) is 0.329. The third-order valence-corrected chi connectivity index (χ3v) is 0.521. The molecule has 0 aliphatic carbocycles. The van der Waals surface area contributed by atoms with Gasteiger partial charge in [-0.3, -0.25) is 0 Å². The van der Waals surface area contributed by atoms with Gasteiger partial charge in [-0.1, -0.05) is 19.1 Å². The van der Waals surface area contributed by atoms with Gasteiger partial charge in [-0.2, -0.15) is 0 Å². The van der Waals surface area contributed by atoms with Crippen molar-refractivity contribution in [2.45, 2.75) is 13.8 Å². The van der Waals surface area contributed by atoms with Crippen molar-refractivity contribution < 1.29 is 0 Å². The summed E-state index contributed by atoms with van der Waals surface area (Å²) in [5.74, 6) is 0.468. The Morgan fingerprint density at radius 2 is 2.17 bits per heavy atom. The zero-order chi connectivity index (χ0) is 4.99. The van der Waals surface area contributed by atoms with Crippen LogP contribution in [0.1, 0.15) is 13.8 Å². The summed E-state index contributed by atoms with van der Waals surface area (Å²) < 4.78 is 0. The smallest absolute Gasteiger partial charge is 0.0262 e. The van der Waals surface area contributed by atoms with Gasteiger partial charge in [0, 0.05) is 0 Å². The molecule has 0 bridgehead atoms. The van der Waals surface area contributed by atoms with Crippen molar-refractivity contribution in [1.29, 1.82) is 0 Å².